The summed E-state index contributed by atoms with van der Waals surface area (Å²) in [6, 6.07) is 2.25. The van der Waals surface area contributed by atoms with E-state index in [9.17, 15) is 5.26 Å². The van der Waals surface area contributed by atoms with Gasteiger partial charge in [-0.2, -0.15) is 5.26 Å². The number of fused-ring (bicyclic) bond motifs is 2. The minimum absolute atomic E-state index is 0.694. The fourth-order valence-electron chi connectivity index (χ4n) is 3.36. The van der Waals surface area contributed by atoms with E-state index in [1.807, 2.05) is 18.4 Å². The predicted octanol–water partition coefficient (Wildman–Crippen LogP) is 3.26. The maximum absolute atomic E-state index is 9.19. The molecule has 1 saturated heterocycles. The zero-order valence-electron chi connectivity index (χ0n) is 16.0. The molecule has 140 valence electrons. The summed E-state index contributed by atoms with van der Waals surface area (Å²) in [7, 11) is 2.13. The number of nitrogens with one attached hydrogen (secondary N) is 1. The van der Waals surface area contributed by atoms with Gasteiger partial charge in [-0.15, -0.1) is 0 Å². The van der Waals surface area contributed by atoms with Gasteiger partial charge >= 0.3 is 0 Å². The van der Waals surface area contributed by atoms with Crippen molar-refractivity contribution < 1.29 is 0 Å². The number of hydrogen-bond donors (Lipinski definition) is 1. The highest BCUT2D eigenvalue weighted by atomic mass is 15.3. The average Bonchev–Trinajstić information content (AvgIpc) is 2.64. The van der Waals surface area contributed by atoms with Crippen LogP contribution in [0.2, 0.25) is 0 Å². The van der Waals surface area contributed by atoms with E-state index in [4.69, 9.17) is 0 Å². The second-order valence-corrected chi connectivity index (χ2v) is 7.23. The Balaban J connectivity index is 1.61. The molecule has 0 atom stereocenters. The Hall–Kier alpha value is -2.84. The highest BCUT2D eigenvalue weighted by Gasteiger charge is 2.15. The van der Waals surface area contributed by atoms with Gasteiger partial charge < -0.3 is 15.1 Å². The number of hydrogen-bond acceptors (Lipinski definition) is 5. The highest BCUT2D eigenvalue weighted by Crippen LogP contribution is 2.25. The van der Waals surface area contributed by atoms with Gasteiger partial charge in [0.05, 0.1) is 6.07 Å². The molecular formula is C22H27N5. The van der Waals surface area contributed by atoms with Crippen LogP contribution in [0.25, 0.3) is 0 Å². The first kappa shape index (κ1) is 18.9. The summed E-state index contributed by atoms with van der Waals surface area (Å²) in [6.07, 6.45) is 12.3. The summed E-state index contributed by atoms with van der Waals surface area (Å²) in [6.45, 7) is 12.2. The first-order chi connectivity index (χ1) is 13.0. The van der Waals surface area contributed by atoms with Crippen LogP contribution in [0, 0.1) is 11.3 Å². The molecule has 0 aromatic rings. The molecule has 0 aromatic heterocycles. The van der Waals surface area contributed by atoms with Gasteiger partial charge in [0.1, 0.15) is 5.82 Å². The molecule has 5 nitrogen and oxygen atoms in total. The molecule has 1 fully saturated rings. The van der Waals surface area contributed by atoms with Crippen molar-refractivity contribution in [3.8, 4) is 6.07 Å². The van der Waals surface area contributed by atoms with Gasteiger partial charge in [0.2, 0.25) is 0 Å². The monoisotopic (exact) mass is 361 g/mol. The van der Waals surface area contributed by atoms with E-state index in [0.29, 0.717) is 6.42 Å². The Morgan fingerprint density at radius 2 is 2.04 bits per heavy atom. The van der Waals surface area contributed by atoms with Gasteiger partial charge in [-0.1, -0.05) is 25.3 Å². The van der Waals surface area contributed by atoms with Crippen LogP contribution in [0.1, 0.15) is 19.3 Å². The van der Waals surface area contributed by atoms with Crippen LogP contribution < -0.4 is 5.32 Å². The lowest BCUT2D eigenvalue weighted by Crippen LogP contribution is -2.43. The van der Waals surface area contributed by atoms with Gasteiger partial charge in [-0.25, -0.2) is 4.99 Å². The first-order valence-corrected chi connectivity index (χ1v) is 9.35. The Bertz CT molecular complexity index is 808. The molecule has 0 saturated carbocycles. The number of allylic oxidation sites excluding steroid dienone is 7. The van der Waals surface area contributed by atoms with Crippen molar-refractivity contribution in [2.75, 3.05) is 33.2 Å². The summed E-state index contributed by atoms with van der Waals surface area (Å²) >= 11 is 0. The number of likely N-dealkylation sites (N-methyl/N-ethyl adjacent to an activating group) is 1. The normalized spacial score (nSPS) is 24.2. The van der Waals surface area contributed by atoms with Crippen LogP contribution in [0.5, 0.6) is 0 Å². The van der Waals surface area contributed by atoms with Crippen molar-refractivity contribution in [2.45, 2.75) is 19.3 Å². The van der Waals surface area contributed by atoms with Crippen LogP contribution in [0.15, 0.2) is 76.4 Å². The van der Waals surface area contributed by atoms with E-state index in [1.54, 1.807) is 0 Å². The minimum Gasteiger partial charge on any atom is -0.362 e. The van der Waals surface area contributed by atoms with Gasteiger partial charge in [0, 0.05) is 62.2 Å². The maximum Gasteiger partial charge on any atom is 0.121 e. The number of nitriles is 1. The van der Waals surface area contributed by atoms with Crippen molar-refractivity contribution in [3.63, 3.8) is 0 Å². The smallest absolute Gasteiger partial charge is 0.121 e. The maximum atomic E-state index is 9.19. The molecule has 2 heterocycles. The summed E-state index contributed by atoms with van der Waals surface area (Å²) < 4.78 is 0. The van der Waals surface area contributed by atoms with E-state index in [1.165, 1.54) is 5.70 Å². The van der Waals surface area contributed by atoms with Crippen molar-refractivity contribution in [3.05, 3.63) is 71.4 Å². The Labute approximate surface area is 162 Å². The zero-order valence-corrected chi connectivity index (χ0v) is 16.0. The highest BCUT2D eigenvalue weighted by molar-refractivity contribution is 5.79. The molecule has 2 aliphatic heterocycles. The van der Waals surface area contributed by atoms with E-state index in [2.05, 4.69) is 58.5 Å². The van der Waals surface area contributed by atoms with Gasteiger partial charge in [-0.3, -0.25) is 0 Å². The van der Waals surface area contributed by atoms with Crippen molar-refractivity contribution in [1.29, 1.82) is 5.26 Å². The summed E-state index contributed by atoms with van der Waals surface area (Å²) in [4.78, 5) is 9.05. The summed E-state index contributed by atoms with van der Waals surface area (Å²) in [5.41, 5.74) is 5.06. The van der Waals surface area contributed by atoms with E-state index in [0.717, 1.165) is 67.3 Å². The second kappa shape index (κ2) is 8.70. The Morgan fingerprint density at radius 3 is 2.78 bits per heavy atom. The molecule has 0 unspecified atom stereocenters. The first-order valence-electron chi connectivity index (χ1n) is 9.35. The van der Waals surface area contributed by atoms with E-state index in [-0.39, 0.29) is 0 Å². The number of aliphatic imine (C=N–C) groups is 1. The number of nitrogens with zero attached hydrogens (tertiary/aromatic N) is 4. The zero-order chi connectivity index (χ0) is 19.2. The molecule has 27 heavy (non-hydrogen) atoms. The lowest BCUT2D eigenvalue weighted by Gasteiger charge is -2.33. The molecule has 1 N–H and O–H groups in total. The molecule has 5 heteroatoms. The van der Waals surface area contributed by atoms with Crippen LogP contribution in [0.4, 0.5) is 0 Å². The third-order valence-electron chi connectivity index (χ3n) is 4.93. The van der Waals surface area contributed by atoms with Crippen LogP contribution in [0.3, 0.4) is 0 Å². The SMILES string of the molecule is C=C(/C=N\C(=C)N1CCN(C)CC1)CC1=C/C2=C/C(C#N)=CC/C=C(\C2)N1. The lowest BCUT2D eigenvalue weighted by molar-refractivity contribution is 0.186. The fraction of sp³-hybridized carbons (Fsp3) is 0.364. The van der Waals surface area contributed by atoms with Crippen molar-refractivity contribution >= 4 is 6.21 Å². The third kappa shape index (κ3) is 5.32. The largest absolute Gasteiger partial charge is 0.362 e. The fourth-order valence-corrected chi connectivity index (χ4v) is 3.36. The van der Waals surface area contributed by atoms with Gasteiger partial charge in [0.25, 0.3) is 0 Å². The van der Waals surface area contributed by atoms with E-state index < -0.39 is 0 Å². The van der Waals surface area contributed by atoms with Crippen LogP contribution in [-0.4, -0.2) is 49.2 Å². The van der Waals surface area contributed by atoms with Crippen LogP contribution in [-0.2, 0) is 0 Å². The molecule has 0 amide bonds. The number of rotatable bonds is 5. The number of piperazine rings is 1. The topological polar surface area (TPSA) is 54.7 Å². The minimum atomic E-state index is 0.694. The average molecular weight is 361 g/mol. The van der Waals surface area contributed by atoms with Crippen LogP contribution >= 0.6 is 0 Å². The molecule has 3 rings (SSSR count). The molecule has 0 spiro atoms. The van der Waals surface area contributed by atoms with Gasteiger partial charge in [0.15, 0.2) is 0 Å². The molecule has 3 aliphatic rings. The Kier molecular flexibility index (Phi) is 6.10. The van der Waals surface area contributed by atoms with Crippen molar-refractivity contribution in [2.24, 2.45) is 4.99 Å². The van der Waals surface area contributed by atoms with Gasteiger partial charge in [-0.05, 0) is 36.8 Å². The van der Waals surface area contributed by atoms with E-state index >= 15 is 0 Å². The molecule has 0 aromatic carbocycles. The molecule has 0 radical (unpaired) electrons. The quantitative estimate of drug-likeness (QED) is 0.764. The summed E-state index contributed by atoms with van der Waals surface area (Å²) in [5.74, 6) is 0.800. The summed E-state index contributed by atoms with van der Waals surface area (Å²) in [5, 5.41) is 12.7. The standard InChI is InChI=1S/C22H27N5/c1-17(16-24-18(2)27-9-7-26(3)8-10-27)11-22-14-20-12-19(15-23)5-4-6-21(13-20)25-22/h5-6,12,14,16,25H,1-2,4,7-11,13H2,3H3/b19-5?,20-12+,21-6+,24-16-. The predicted molar refractivity (Wildman–Crippen MR) is 111 cm³/mol. The van der Waals surface area contributed by atoms with Crippen molar-refractivity contribution in [1.82, 2.24) is 15.1 Å². The molecule has 2 bridgehead atoms. The Morgan fingerprint density at radius 1 is 1.26 bits per heavy atom. The second-order valence-electron chi connectivity index (χ2n) is 7.23. The molecule has 1 aliphatic carbocycles. The molecular weight excluding hydrogens is 334 g/mol. The third-order valence-corrected chi connectivity index (χ3v) is 4.93. The lowest BCUT2D eigenvalue weighted by atomic mass is 9.96.